The van der Waals surface area contributed by atoms with Gasteiger partial charge in [0.2, 0.25) is 0 Å². The smallest absolute Gasteiger partial charge is 0.404 e. The monoisotopic (exact) mass is 275 g/mol. The zero-order chi connectivity index (χ0) is 14.9. The second kappa shape index (κ2) is 16.7. The van der Waals surface area contributed by atoms with Crippen molar-refractivity contribution in [2.24, 2.45) is 5.73 Å². The Morgan fingerprint density at radius 2 is 1.89 bits per heavy atom. The van der Waals surface area contributed by atoms with Crippen LogP contribution < -0.4 is 5.73 Å². The minimum Gasteiger partial charge on any atom is -0.441 e. The molecule has 112 valence electrons. The maximum Gasteiger partial charge on any atom is 0.404 e. The molecule has 0 spiro atoms. The number of primary amides is 1. The molecule has 1 amide bonds. The highest BCUT2D eigenvalue weighted by atomic mass is 16.6. The maximum atomic E-state index is 10.2. The Hall–Kier alpha value is -1.29. The van der Waals surface area contributed by atoms with Crippen molar-refractivity contribution in [2.45, 2.75) is 32.8 Å². The second-order valence-corrected chi connectivity index (χ2v) is 3.57. The lowest BCUT2D eigenvalue weighted by molar-refractivity contribution is 0.00442. The van der Waals surface area contributed by atoms with Crippen LogP contribution >= 0.6 is 0 Å². The van der Waals surface area contributed by atoms with Gasteiger partial charge >= 0.3 is 6.09 Å². The first-order valence-electron chi connectivity index (χ1n) is 6.28. The van der Waals surface area contributed by atoms with Gasteiger partial charge in [0.25, 0.3) is 0 Å². The summed E-state index contributed by atoms with van der Waals surface area (Å²) in [5, 5.41) is 8.61. The van der Waals surface area contributed by atoms with Crippen molar-refractivity contribution in [3.05, 3.63) is 0 Å². The number of ether oxygens (including phenoxy) is 3. The van der Waals surface area contributed by atoms with E-state index in [0.29, 0.717) is 0 Å². The van der Waals surface area contributed by atoms with Crippen LogP contribution in [0.25, 0.3) is 0 Å². The molecule has 0 aromatic carbocycles. The van der Waals surface area contributed by atoms with Crippen molar-refractivity contribution in [1.29, 1.82) is 0 Å². The van der Waals surface area contributed by atoms with Crippen LogP contribution in [0.1, 0.15) is 26.7 Å². The topological polar surface area (TPSA) is 91.0 Å². The number of nitrogens with two attached hydrogens (primary N) is 1. The molecule has 0 aromatic rings. The van der Waals surface area contributed by atoms with Gasteiger partial charge in [-0.3, -0.25) is 0 Å². The van der Waals surface area contributed by atoms with Crippen LogP contribution in [0.5, 0.6) is 0 Å². The molecule has 1 unspecified atom stereocenters. The van der Waals surface area contributed by atoms with E-state index in [0.717, 1.165) is 26.1 Å². The standard InChI is InChI=1S/C7H11NO4.C6H14O/c1-2-3-11-5-6(4-9)12-7(8)10;1-3-5-7-6-4-2/h1,6,9H,3-5H2,(H2,8,10);3-6H2,1-2H3. The zero-order valence-electron chi connectivity index (χ0n) is 11.8. The fourth-order valence-electron chi connectivity index (χ4n) is 0.928. The van der Waals surface area contributed by atoms with E-state index in [1.165, 1.54) is 0 Å². The molecule has 0 fully saturated rings. The van der Waals surface area contributed by atoms with Crippen LogP contribution in [0.3, 0.4) is 0 Å². The van der Waals surface area contributed by atoms with E-state index in [9.17, 15) is 4.79 Å². The van der Waals surface area contributed by atoms with Gasteiger partial charge < -0.3 is 25.1 Å². The van der Waals surface area contributed by atoms with E-state index < -0.39 is 12.2 Å². The molecule has 0 saturated heterocycles. The molecule has 0 aliphatic rings. The van der Waals surface area contributed by atoms with Gasteiger partial charge in [-0.2, -0.15) is 0 Å². The molecule has 0 saturated carbocycles. The van der Waals surface area contributed by atoms with E-state index in [1.54, 1.807) is 0 Å². The molecule has 6 heteroatoms. The lowest BCUT2D eigenvalue weighted by Gasteiger charge is -2.12. The Balaban J connectivity index is 0. The summed E-state index contributed by atoms with van der Waals surface area (Å²) >= 11 is 0. The first-order chi connectivity index (χ1) is 9.12. The van der Waals surface area contributed by atoms with Crippen molar-refractivity contribution in [1.82, 2.24) is 0 Å². The van der Waals surface area contributed by atoms with Crippen molar-refractivity contribution < 1.29 is 24.1 Å². The Kier molecular flexibility index (Phi) is 17.6. The Labute approximate surface area is 115 Å². The molecule has 3 N–H and O–H groups in total. The summed E-state index contributed by atoms with van der Waals surface area (Å²) in [7, 11) is 0. The molecular formula is C13H25NO5. The Morgan fingerprint density at radius 3 is 2.26 bits per heavy atom. The van der Waals surface area contributed by atoms with Crippen LogP contribution in [-0.4, -0.2) is 50.3 Å². The summed E-state index contributed by atoms with van der Waals surface area (Å²) < 4.78 is 14.4. The molecule has 6 nitrogen and oxygen atoms in total. The quantitative estimate of drug-likeness (QED) is 0.482. The number of hydrogen-bond acceptors (Lipinski definition) is 5. The van der Waals surface area contributed by atoms with Crippen molar-refractivity contribution in [2.75, 3.05) is 33.0 Å². The van der Waals surface area contributed by atoms with E-state index in [2.05, 4.69) is 24.5 Å². The van der Waals surface area contributed by atoms with Crippen LogP contribution in [0.2, 0.25) is 0 Å². The molecule has 0 rings (SSSR count). The Morgan fingerprint density at radius 1 is 1.32 bits per heavy atom. The molecular weight excluding hydrogens is 250 g/mol. The zero-order valence-corrected chi connectivity index (χ0v) is 11.8. The van der Waals surface area contributed by atoms with Gasteiger partial charge in [0, 0.05) is 13.2 Å². The van der Waals surface area contributed by atoms with Gasteiger partial charge in [-0.05, 0) is 12.8 Å². The van der Waals surface area contributed by atoms with Crippen LogP contribution in [0, 0.1) is 12.3 Å². The van der Waals surface area contributed by atoms with Gasteiger partial charge in [0.05, 0.1) is 13.2 Å². The minimum atomic E-state index is -0.946. The summed E-state index contributed by atoms with van der Waals surface area (Å²) in [4.78, 5) is 10.2. The van der Waals surface area contributed by atoms with Gasteiger partial charge in [-0.1, -0.05) is 19.8 Å². The SMILES string of the molecule is C#CCOCC(CO)OC(N)=O.CCCOCCC. The average Bonchev–Trinajstić information content (AvgIpc) is 2.39. The van der Waals surface area contributed by atoms with E-state index in [1.807, 2.05) is 0 Å². The third-order valence-corrected chi connectivity index (χ3v) is 1.67. The minimum absolute atomic E-state index is 0.0453. The van der Waals surface area contributed by atoms with Gasteiger partial charge in [0.15, 0.2) is 0 Å². The Bertz CT molecular complexity index is 236. The lowest BCUT2D eigenvalue weighted by Crippen LogP contribution is -2.29. The first kappa shape index (κ1) is 20.0. The van der Waals surface area contributed by atoms with E-state index >= 15 is 0 Å². The maximum absolute atomic E-state index is 10.2. The molecule has 0 aliphatic heterocycles. The predicted octanol–water partition coefficient (Wildman–Crippen LogP) is 0.915. The van der Waals surface area contributed by atoms with E-state index in [4.69, 9.17) is 26.7 Å². The largest absolute Gasteiger partial charge is 0.441 e. The fourth-order valence-corrected chi connectivity index (χ4v) is 0.928. The van der Waals surface area contributed by atoms with Gasteiger partial charge in [-0.15, -0.1) is 6.42 Å². The third kappa shape index (κ3) is 19.2. The number of carbonyl (C=O) groups excluding carboxylic acids is 1. The molecule has 0 bridgehead atoms. The summed E-state index contributed by atoms with van der Waals surface area (Å²) in [5.41, 5.74) is 4.71. The van der Waals surface area contributed by atoms with Gasteiger partial charge in [0.1, 0.15) is 12.7 Å². The second-order valence-electron chi connectivity index (χ2n) is 3.57. The van der Waals surface area contributed by atoms with Crippen molar-refractivity contribution >= 4 is 6.09 Å². The average molecular weight is 275 g/mol. The summed E-state index contributed by atoms with van der Waals surface area (Å²) in [6, 6.07) is 0. The van der Waals surface area contributed by atoms with Crippen LogP contribution in [-0.2, 0) is 14.2 Å². The molecule has 0 aromatic heterocycles. The third-order valence-electron chi connectivity index (χ3n) is 1.67. The fraction of sp³-hybridized carbons (Fsp3) is 0.769. The number of rotatable bonds is 9. The molecule has 0 aliphatic carbocycles. The predicted molar refractivity (Wildman–Crippen MR) is 72.6 cm³/mol. The van der Waals surface area contributed by atoms with E-state index in [-0.39, 0.29) is 19.8 Å². The first-order valence-corrected chi connectivity index (χ1v) is 6.28. The van der Waals surface area contributed by atoms with Crippen molar-refractivity contribution in [3.63, 3.8) is 0 Å². The molecule has 0 heterocycles. The number of amides is 1. The molecule has 19 heavy (non-hydrogen) atoms. The van der Waals surface area contributed by atoms with Gasteiger partial charge in [-0.25, -0.2) is 4.79 Å². The summed E-state index contributed by atoms with van der Waals surface area (Å²) in [6.45, 7) is 5.91. The highest BCUT2D eigenvalue weighted by Crippen LogP contribution is 1.91. The number of terminal acetylenes is 1. The highest BCUT2D eigenvalue weighted by molar-refractivity contribution is 5.64. The summed E-state index contributed by atoms with van der Waals surface area (Å²) in [5.74, 6) is 2.22. The number of hydrogen-bond donors (Lipinski definition) is 2. The van der Waals surface area contributed by atoms with Crippen molar-refractivity contribution in [3.8, 4) is 12.3 Å². The summed E-state index contributed by atoms with van der Waals surface area (Å²) in [6.07, 6.45) is 5.48. The number of carbonyl (C=O) groups is 1. The molecule has 1 atom stereocenters. The normalized spacial score (nSPS) is 10.8. The number of aliphatic hydroxyl groups is 1. The molecule has 0 radical (unpaired) electrons. The lowest BCUT2D eigenvalue weighted by atomic mass is 10.4. The highest BCUT2D eigenvalue weighted by Gasteiger charge is 2.10. The van der Waals surface area contributed by atoms with Crippen LogP contribution in [0.15, 0.2) is 0 Å². The number of aliphatic hydroxyl groups excluding tert-OH is 1. The van der Waals surface area contributed by atoms with Crippen LogP contribution in [0.4, 0.5) is 4.79 Å².